The molecule has 1 unspecified atom stereocenters. The molecule has 1 aliphatic carbocycles. The third kappa shape index (κ3) is 2.09. The van der Waals surface area contributed by atoms with Crippen LogP contribution in [0.15, 0.2) is 0 Å². The average Bonchev–Trinajstić information content (AvgIpc) is 2.84. The second-order valence-corrected chi connectivity index (χ2v) is 5.07. The summed E-state index contributed by atoms with van der Waals surface area (Å²) in [4.78, 5) is 0. The number of hydrogen-bond acceptors (Lipinski definition) is 4. The molecular formula is C11H19N5. The van der Waals surface area contributed by atoms with Crippen LogP contribution in [0.2, 0.25) is 0 Å². The topological polar surface area (TPSA) is 55.6 Å². The van der Waals surface area contributed by atoms with Crippen molar-refractivity contribution in [1.29, 1.82) is 0 Å². The van der Waals surface area contributed by atoms with Gasteiger partial charge in [0.2, 0.25) is 0 Å². The Kier molecular flexibility index (Phi) is 2.86. The van der Waals surface area contributed by atoms with Crippen LogP contribution in [0.25, 0.3) is 0 Å². The van der Waals surface area contributed by atoms with Crippen LogP contribution < -0.4 is 5.32 Å². The molecule has 2 fully saturated rings. The lowest BCUT2D eigenvalue weighted by atomic mass is 9.85. The summed E-state index contributed by atoms with van der Waals surface area (Å²) >= 11 is 0. The van der Waals surface area contributed by atoms with Gasteiger partial charge in [-0.1, -0.05) is 6.42 Å². The van der Waals surface area contributed by atoms with Crippen LogP contribution in [-0.2, 0) is 13.0 Å². The van der Waals surface area contributed by atoms with E-state index in [1.54, 1.807) is 0 Å². The summed E-state index contributed by atoms with van der Waals surface area (Å²) in [6, 6.07) is 0.589. The van der Waals surface area contributed by atoms with E-state index < -0.39 is 0 Å². The molecule has 5 nitrogen and oxygen atoms in total. The highest BCUT2D eigenvalue weighted by Crippen LogP contribution is 2.27. The monoisotopic (exact) mass is 221 g/mol. The Bertz CT molecular complexity index is 338. The minimum absolute atomic E-state index is 0.589. The van der Waals surface area contributed by atoms with Gasteiger partial charge in [0.05, 0.1) is 0 Å². The fourth-order valence-electron chi connectivity index (χ4n) is 2.58. The number of rotatable bonds is 4. The molecule has 2 heterocycles. The maximum Gasteiger partial charge on any atom is 0.152 e. The zero-order chi connectivity index (χ0) is 10.8. The standard InChI is InChI=1S/C11H19N5/c1-3-9(4-1)8-16-11(13-14-15-16)7-10-5-2-6-12-10/h9-10,12H,1-8H2. The summed E-state index contributed by atoms with van der Waals surface area (Å²) in [5.74, 6) is 1.88. The highest BCUT2D eigenvalue weighted by Gasteiger charge is 2.22. The van der Waals surface area contributed by atoms with E-state index in [-0.39, 0.29) is 0 Å². The smallest absolute Gasteiger partial charge is 0.152 e. The summed E-state index contributed by atoms with van der Waals surface area (Å²) in [5, 5.41) is 15.6. The van der Waals surface area contributed by atoms with Crippen molar-refractivity contribution in [3.63, 3.8) is 0 Å². The molecule has 0 aromatic carbocycles. The Morgan fingerprint density at radius 1 is 1.25 bits per heavy atom. The Morgan fingerprint density at radius 2 is 2.19 bits per heavy atom. The van der Waals surface area contributed by atoms with Crippen LogP contribution >= 0.6 is 0 Å². The molecule has 0 radical (unpaired) electrons. The Morgan fingerprint density at radius 3 is 2.88 bits per heavy atom. The van der Waals surface area contributed by atoms with E-state index >= 15 is 0 Å². The van der Waals surface area contributed by atoms with Crippen LogP contribution in [0.1, 0.15) is 37.9 Å². The zero-order valence-corrected chi connectivity index (χ0v) is 9.60. The molecule has 1 atom stereocenters. The first-order valence-electron chi connectivity index (χ1n) is 6.40. The van der Waals surface area contributed by atoms with E-state index in [9.17, 15) is 0 Å². The SMILES string of the molecule is C1CC(Cn2nnnc2CC2CCCN2)C1. The van der Waals surface area contributed by atoms with Crippen molar-refractivity contribution in [2.75, 3.05) is 6.54 Å². The minimum Gasteiger partial charge on any atom is -0.314 e. The highest BCUT2D eigenvalue weighted by molar-refractivity contribution is 4.90. The lowest BCUT2D eigenvalue weighted by Gasteiger charge is -2.25. The summed E-state index contributed by atoms with van der Waals surface area (Å²) in [5.41, 5.74) is 0. The van der Waals surface area contributed by atoms with Crippen molar-refractivity contribution in [2.24, 2.45) is 5.92 Å². The van der Waals surface area contributed by atoms with Gasteiger partial charge in [0.15, 0.2) is 5.82 Å². The first-order chi connectivity index (χ1) is 7.92. The van der Waals surface area contributed by atoms with Crippen molar-refractivity contribution < 1.29 is 0 Å². The van der Waals surface area contributed by atoms with Crippen molar-refractivity contribution in [3.05, 3.63) is 5.82 Å². The second kappa shape index (κ2) is 4.49. The predicted molar refractivity (Wildman–Crippen MR) is 59.9 cm³/mol. The van der Waals surface area contributed by atoms with Crippen LogP contribution in [0.3, 0.4) is 0 Å². The van der Waals surface area contributed by atoms with Crippen molar-refractivity contribution >= 4 is 0 Å². The van der Waals surface area contributed by atoms with Gasteiger partial charge in [0.1, 0.15) is 0 Å². The van der Waals surface area contributed by atoms with Gasteiger partial charge in [-0.25, -0.2) is 4.68 Å². The molecule has 16 heavy (non-hydrogen) atoms. The lowest BCUT2D eigenvalue weighted by Crippen LogP contribution is -2.27. The first kappa shape index (κ1) is 10.2. The average molecular weight is 221 g/mol. The number of hydrogen-bond donors (Lipinski definition) is 1. The molecule has 1 saturated heterocycles. The number of tetrazole rings is 1. The van der Waals surface area contributed by atoms with Gasteiger partial charge in [-0.2, -0.15) is 0 Å². The summed E-state index contributed by atoms with van der Waals surface area (Å²) in [7, 11) is 0. The van der Waals surface area contributed by atoms with E-state index in [1.807, 2.05) is 4.68 Å². The van der Waals surface area contributed by atoms with Crippen molar-refractivity contribution in [1.82, 2.24) is 25.5 Å². The van der Waals surface area contributed by atoms with Crippen LogP contribution in [0.5, 0.6) is 0 Å². The first-order valence-corrected chi connectivity index (χ1v) is 6.40. The van der Waals surface area contributed by atoms with E-state index in [0.717, 1.165) is 31.3 Å². The van der Waals surface area contributed by atoms with Gasteiger partial charge in [0.25, 0.3) is 0 Å². The summed E-state index contributed by atoms with van der Waals surface area (Å²) in [6.45, 7) is 2.17. The van der Waals surface area contributed by atoms with Crippen molar-refractivity contribution in [3.8, 4) is 0 Å². The lowest BCUT2D eigenvalue weighted by molar-refractivity contribution is 0.260. The van der Waals surface area contributed by atoms with Crippen LogP contribution in [0.4, 0.5) is 0 Å². The number of aromatic nitrogens is 4. The number of nitrogens with zero attached hydrogens (tertiary/aromatic N) is 4. The maximum atomic E-state index is 4.15. The van der Waals surface area contributed by atoms with Gasteiger partial charge < -0.3 is 5.32 Å². The molecule has 5 heteroatoms. The molecule has 3 rings (SSSR count). The molecule has 0 amide bonds. The predicted octanol–water partition coefficient (Wildman–Crippen LogP) is 0.768. The molecule has 1 aromatic heterocycles. The molecule has 1 N–H and O–H groups in total. The normalized spacial score (nSPS) is 25.9. The molecule has 0 spiro atoms. The molecular weight excluding hydrogens is 202 g/mol. The minimum atomic E-state index is 0.589. The fourth-order valence-corrected chi connectivity index (χ4v) is 2.58. The molecule has 1 aromatic rings. The molecule has 0 bridgehead atoms. The summed E-state index contributed by atoms with van der Waals surface area (Å²) < 4.78 is 2.02. The van der Waals surface area contributed by atoms with Gasteiger partial charge in [-0.05, 0) is 48.6 Å². The zero-order valence-electron chi connectivity index (χ0n) is 9.60. The second-order valence-electron chi connectivity index (χ2n) is 5.07. The third-order valence-corrected chi connectivity index (χ3v) is 3.85. The molecule has 88 valence electrons. The highest BCUT2D eigenvalue weighted by atomic mass is 15.5. The van der Waals surface area contributed by atoms with E-state index in [4.69, 9.17) is 0 Å². The van der Waals surface area contributed by atoms with E-state index in [1.165, 1.54) is 32.1 Å². The molecule has 1 saturated carbocycles. The third-order valence-electron chi connectivity index (χ3n) is 3.85. The number of nitrogens with one attached hydrogen (secondary N) is 1. The summed E-state index contributed by atoms with van der Waals surface area (Å²) in [6.07, 6.45) is 7.61. The van der Waals surface area contributed by atoms with E-state index in [2.05, 4.69) is 20.8 Å². The quantitative estimate of drug-likeness (QED) is 0.816. The van der Waals surface area contributed by atoms with Crippen LogP contribution in [-0.4, -0.2) is 32.8 Å². The van der Waals surface area contributed by atoms with Gasteiger partial charge in [-0.15, -0.1) is 5.10 Å². The largest absolute Gasteiger partial charge is 0.314 e. The van der Waals surface area contributed by atoms with Gasteiger partial charge in [-0.3, -0.25) is 0 Å². The fraction of sp³-hybridized carbons (Fsp3) is 0.909. The van der Waals surface area contributed by atoms with Gasteiger partial charge in [0, 0.05) is 19.0 Å². The van der Waals surface area contributed by atoms with Crippen molar-refractivity contribution in [2.45, 2.75) is 51.1 Å². The van der Waals surface area contributed by atoms with Gasteiger partial charge >= 0.3 is 0 Å². The van der Waals surface area contributed by atoms with E-state index in [0.29, 0.717) is 6.04 Å². The Hall–Kier alpha value is -0.970. The maximum absolute atomic E-state index is 4.15. The molecule has 2 aliphatic rings. The molecule has 1 aliphatic heterocycles. The Balaban J connectivity index is 1.61. The Labute approximate surface area is 95.6 Å². The van der Waals surface area contributed by atoms with Crippen LogP contribution in [0, 0.1) is 5.92 Å².